The SMILES string of the molecule is CNC(=O)C1(Cc2cccc(-c3cccc(F)c3)c2)CCCN(C(=O)c2cccnc2)C1. The number of benzene rings is 2. The maximum absolute atomic E-state index is 13.7. The molecule has 1 aliphatic heterocycles. The van der Waals surface area contributed by atoms with Crippen molar-refractivity contribution in [1.29, 1.82) is 0 Å². The second-order valence-electron chi connectivity index (χ2n) is 8.32. The zero-order valence-corrected chi connectivity index (χ0v) is 18.1. The molecular weight excluding hydrogens is 405 g/mol. The summed E-state index contributed by atoms with van der Waals surface area (Å²) in [7, 11) is 1.63. The van der Waals surface area contributed by atoms with Gasteiger partial charge < -0.3 is 10.2 Å². The van der Waals surface area contributed by atoms with Gasteiger partial charge in [0.1, 0.15) is 5.82 Å². The molecule has 6 heteroatoms. The minimum Gasteiger partial charge on any atom is -0.359 e. The highest BCUT2D eigenvalue weighted by atomic mass is 19.1. The van der Waals surface area contributed by atoms with Crippen molar-refractivity contribution in [1.82, 2.24) is 15.2 Å². The lowest BCUT2D eigenvalue weighted by molar-refractivity contribution is -0.133. The van der Waals surface area contributed by atoms with Crippen molar-refractivity contribution < 1.29 is 14.0 Å². The average molecular weight is 432 g/mol. The molecule has 164 valence electrons. The molecule has 2 heterocycles. The van der Waals surface area contributed by atoms with Crippen molar-refractivity contribution >= 4 is 11.8 Å². The van der Waals surface area contributed by atoms with E-state index in [1.54, 1.807) is 42.5 Å². The molecule has 0 saturated carbocycles. The number of nitrogens with one attached hydrogen (secondary N) is 1. The van der Waals surface area contributed by atoms with Crippen LogP contribution in [0.15, 0.2) is 73.1 Å². The van der Waals surface area contributed by atoms with E-state index in [0.29, 0.717) is 31.5 Å². The molecule has 1 saturated heterocycles. The van der Waals surface area contributed by atoms with Crippen LogP contribution in [0.3, 0.4) is 0 Å². The quantitative estimate of drug-likeness (QED) is 0.662. The van der Waals surface area contributed by atoms with Gasteiger partial charge in [0.2, 0.25) is 5.91 Å². The van der Waals surface area contributed by atoms with Gasteiger partial charge >= 0.3 is 0 Å². The minimum absolute atomic E-state index is 0.0719. The molecule has 2 amide bonds. The highest BCUT2D eigenvalue weighted by Crippen LogP contribution is 2.35. The smallest absolute Gasteiger partial charge is 0.255 e. The molecule has 3 aromatic rings. The van der Waals surface area contributed by atoms with E-state index in [-0.39, 0.29) is 17.6 Å². The maximum atomic E-state index is 13.7. The van der Waals surface area contributed by atoms with Crippen LogP contribution < -0.4 is 5.32 Å². The fourth-order valence-electron chi connectivity index (χ4n) is 4.57. The number of aromatic nitrogens is 1. The van der Waals surface area contributed by atoms with Gasteiger partial charge in [-0.25, -0.2) is 4.39 Å². The first-order chi connectivity index (χ1) is 15.5. The van der Waals surface area contributed by atoms with E-state index >= 15 is 0 Å². The van der Waals surface area contributed by atoms with Gasteiger partial charge in [-0.15, -0.1) is 0 Å². The molecule has 0 radical (unpaired) electrons. The molecule has 32 heavy (non-hydrogen) atoms. The number of hydrogen-bond acceptors (Lipinski definition) is 3. The van der Waals surface area contributed by atoms with Gasteiger partial charge in [-0.1, -0.05) is 36.4 Å². The van der Waals surface area contributed by atoms with Crippen LogP contribution >= 0.6 is 0 Å². The molecular formula is C26H26FN3O2. The number of carbonyl (C=O) groups excluding carboxylic acids is 2. The Kier molecular flexibility index (Phi) is 6.30. The molecule has 0 bridgehead atoms. The fourth-order valence-corrected chi connectivity index (χ4v) is 4.57. The first kappa shape index (κ1) is 21.7. The van der Waals surface area contributed by atoms with Crippen molar-refractivity contribution in [2.75, 3.05) is 20.1 Å². The summed E-state index contributed by atoms with van der Waals surface area (Å²) >= 11 is 0. The van der Waals surface area contributed by atoms with E-state index in [1.807, 2.05) is 30.3 Å². The predicted octanol–water partition coefficient (Wildman–Crippen LogP) is 4.10. The van der Waals surface area contributed by atoms with Gasteiger partial charge in [-0.05, 0) is 60.2 Å². The Morgan fingerprint density at radius 2 is 1.88 bits per heavy atom. The number of nitrogens with zero attached hydrogens (tertiary/aromatic N) is 2. The number of pyridine rings is 1. The van der Waals surface area contributed by atoms with Gasteiger partial charge in [0.05, 0.1) is 11.0 Å². The fraction of sp³-hybridized carbons (Fsp3) is 0.269. The van der Waals surface area contributed by atoms with E-state index < -0.39 is 5.41 Å². The molecule has 5 nitrogen and oxygen atoms in total. The van der Waals surface area contributed by atoms with Crippen molar-refractivity contribution in [3.05, 3.63) is 90.0 Å². The maximum Gasteiger partial charge on any atom is 0.255 e. The first-order valence-electron chi connectivity index (χ1n) is 10.8. The van der Waals surface area contributed by atoms with Crippen LogP contribution in [-0.2, 0) is 11.2 Å². The minimum atomic E-state index is -0.731. The Labute approximate surface area is 187 Å². The zero-order valence-electron chi connectivity index (χ0n) is 18.1. The van der Waals surface area contributed by atoms with E-state index in [9.17, 15) is 14.0 Å². The van der Waals surface area contributed by atoms with Crippen molar-refractivity contribution in [2.24, 2.45) is 5.41 Å². The predicted molar refractivity (Wildman–Crippen MR) is 121 cm³/mol. The summed E-state index contributed by atoms with van der Waals surface area (Å²) in [5.41, 5.74) is 2.45. The molecule has 1 unspecified atom stereocenters. The van der Waals surface area contributed by atoms with Crippen LogP contribution in [0, 0.1) is 11.2 Å². The summed E-state index contributed by atoms with van der Waals surface area (Å²) in [5.74, 6) is -0.469. The normalized spacial score (nSPS) is 18.2. The molecule has 0 aliphatic carbocycles. The lowest BCUT2D eigenvalue weighted by atomic mass is 9.74. The highest BCUT2D eigenvalue weighted by Gasteiger charge is 2.43. The molecule has 1 aromatic heterocycles. The summed E-state index contributed by atoms with van der Waals surface area (Å²) in [6.07, 6.45) is 5.11. The standard InChI is InChI=1S/C26H26FN3O2/c1-28-25(32)26(11-5-13-30(18-26)24(31)22-9-4-12-29-17-22)16-19-6-2-7-20(14-19)21-8-3-10-23(27)15-21/h2-4,6-10,12,14-15,17H,5,11,13,16,18H2,1H3,(H,28,32). The second-order valence-corrected chi connectivity index (χ2v) is 8.32. The largest absolute Gasteiger partial charge is 0.359 e. The number of carbonyl (C=O) groups is 2. The number of rotatable bonds is 5. The molecule has 2 aromatic carbocycles. The first-order valence-corrected chi connectivity index (χ1v) is 10.8. The summed E-state index contributed by atoms with van der Waals surface area (Å²) in [6.45, 7) is 0.945. The number of hydrogen-bond donors (Lipinski definition) is 1. The molecule has 1 N–H and O–H groups in total. The van der Waals surface area contributed by atoms with Crippen LogP contribution in [-0.4, -0.2) is 41.8 Å². The van der Waals surface area contributed by atoms with Crippen LogP contribution in [0.25, 0.3) is 11.1 Å². The number of likely N-dealkylation sites (tertiary alicyclic amines) is 1. The lowest BCUT2D eigenvalue weighted by Crippen LogP contribution is -2.54. The van der Waals surface area contributed by atoms with E-state index in [4.69, 9.17) is 0 Å². The molecule has 0 spiro atoms. The third-order valence-electron chi connectivity index (χ3n) is 6.11. The van der Waals surface area contributed by atoms with Gasteiger partial charge in [-0.3, -0.25) is 14.6 Å². The lowest BCUT2D eigenvalue weighted by Gasteiger charge is -2.41. The second kappa shape index (κ2) is 9.30. The van der Waals surface area contributed by atoms with Crippen molar-refractivity contribution in [3.8, 4) is 11.1 Å². The monoisotopic (exact) mass is 431 g/mol. The Hall–Kier alpha value is -3.54. The van der Waals surface area contributed by atoms with E-state index in [1.165, 1.54) is 12.1 Å². The van der Waals surface area contributed by atoms with Crippen molar-refractivity contribution in [3.63, 3.8) is 0 Å². The number of halogens is 1. The van der Waals surface area contributed by atoms with E-state index in [2.05, 4.69) is 10.3 Å². The average Bonchev–Trinajstić information content (AvgIpc) is 2.84. The topological polar surface area (TPSA) is 62.3 Å². The Morgan fingerprint density at radius 3 is 2.59 bits per heavy atom. The summed E-state index contributed by atoms with van der Waals surface area (Å²) < 4.78 is 13.7. The van der Waals surface area contributed by atoms with Gasteiger partial charge in [0, 0.05) is 32.5 Å². The highest BCUT2D eigenvalue weighted by molar-refractivity contribution is 5.94. The van der Waals surface area contributed by atoms with E-state index in [0.717, 1.165) is 23.1 Å². The van der Waals surface area contributed by atoms with Crippen LogP contribution in [0.1, 0.15) is 28.8 Å². The van der Waals surface area contributed by atoms with Gasteiger partial charge in [0.25, 0.3) is 5.91 Å². The summed E-state index contributed by atoms with van der Waals surface area (Å²) in [6, 6.07) is 17.8. The number of amides is 2. The Morgan fingerprint density at radius 1 is 1.09 bits per heavy atom. The molecule has 1 fully saturated rings. The summed E-state index contributed by atoms with van der Waals surface area (Å²) in [5, 5.41) is 2.81. The van der Waals surface area contributed by atoms with Gasteiger partial charge in [0.15, 0.2) is 0 Å². The molecule has 1 atom stereocenters. The Bertz CT molecular complexity index is 1120. The van der Waals surface area contributed by atoms with Crippen LogP contribution in [0.2, 0.25) is 0 Å². The van der Waals surface area contributed by atoms with Crippen LogP contribution in [0.5, 0.6) is 0 Å². The summed E-state index contributed by atoms with van der Waals surface area (Å²) in [4.78, 5) is 31.9. The van der Waals surface area contributed by atoms with Crippen LogP contribution in [0.4, 0.5) is 4.39 Å². The van der Waals surface area contributed by atoms with Gasteiger partial charge in [-0.2, -0.15) is 0 Å². The molecule has 1 aliphatic rings. The third kappa shape index (κ3) is 4.54. The van der Waals surface area contributed by atoms with Crippen molar-refractivity contribution in [2.45, 2.75) is 19.3 Å². The third-order valence-corrected chi connectivity index (χ3v) is 6.11. The number of piperidine rings is 1. The zero-order chi connectivity index (χ0) is 22.6. The molecule has 4 rings (SSSR count). The Balaban J connectivity index is 1.62.